The number of benzene rings is 1. The first-order valence-corrected chi connectivity index (χ1v) is 6.10. The molecule has 0 aliphatic carbocycles. The van der Waals surface area contributed by atoms with Gasteiger partial charge in [0.2, 0.25) is 0 Å². The van der Waals surface area contributed by atoms with Crippen LogP contribution >= 0.6 is 15.9 Å². The molecule has 2 heteroatoms. The Hall–Kier alpha value is -0.340. The van der Waals surface area contributed by atoms with Crippen molar-refractivity contribution in [2.24, 2.45) is 0 Å². The van der Waals surface area contributed by atoms with Gasteiger partial charge in [0.05, 0.1) is 0 Å². The maximum atomic E-state index is 3.53. The average Bonchev–Trinajstić information content (AvgIpc) is 2.65. The molecule has 0 aromatic heterocycles. The number of rotatable bonds is 2. The van der Waals surface area contributed by atoms with Crippen molar-refractivity contribution in [3.05, 3.63) is 34.3 Å². The third kappa shape index (κ3) is 2.01. The molecule has 1 fully saturated rings. The molecular formula is C12H16BrN. The molecule has 14 heavy (non-hydrogen) atoms. The highest BCUT2D eigenvalue weighted by molar-refractivity contribution is 9.10. The van der Waals surface area contributed by atoms with Gasteiger partial charge in [-0.25, -0.2) is 0 Å². The molecule has 0 saturated carbocycles. The normalized spacial score (nSPS) is 22.9. The van der Waals surface area contributed by atoms with E-state index in [1.165, 1.54) is 29.4 Å². The monoisotopic (exact) mass is 253 g/mol. The molecule has 0 spiro atoms. The molecular weight excluding hydrogens is 238 g/mol. The summed E-state index contributed by atoms with van der Waals surface area (Å²) in [5, 5.41) is 0. The fraction of sp³-hybridized carbons (Fsp3) is 0.500. The van der Waals surface area contributed by atoms with E-state index >= 15 is 0 Å². The minimum Gasteiger partial charge on any atom is -0.297 e. The zero-order valence-electron chi connectivity index (χ0n) is 8.54. The molecule has 1 heterocycles. The van der Waals surface area contributed by atoms with Crippen molar-refractivity contribution < 1.29 is 0 Å². The number of halogens is 1. The van der Waals surface area contributed by atoms with Crippen LogP contribution in [0, 0.1) is 0 Å². The number of hydrogen-bond donors (Lipinski definition) is 0. The summed E-state index contributed by atoms with van der Waals surface area (Å²) in [5.74, 6) is 0. The van der Waals surface area contributed by atoms with Crippen molar-refractivity contribution in [2.45, 2.75) is 25.8 Å². The minimum absolute atomic E-state index is 0.650. The van der Waals surface area contributed by atoms with Crippen LogP contribution in [-0.4, -0.2) is 18.0 Å². The molecule has 0 radical (unpaired) electrons. The topological polar surface area (TPSA) is 3.24 Å². The van der Waals surface area contributed by atoms with Crippen LogP contribution in [0.3, 0.4) is 0 Å². The van der Waals surface area contributed by atoms with Gasteiger partial charge in [0.15, 0.2) is 0 Å². The van der Waals surface area contributed by atoms with Crippen LogP contribution in [0.4, 0.5) is 0 Å². The third-order valence-corrected chi connectivity index (χ3v) is 3.50. The summed E-state index contributed by atoms with van der Waals surface area (Å²) in [7, 11) is 0. The molecule has 1 atom stereocenters. The zero-order valence-corrected chi connectivity index (χ0v) is 10.1. The molecule has 1 nitrogen and oxygen atoms in total. The first kappa shape index (κ1) is 10.2. The molecule has 0 bridgehead atoms. The molecule has 1 aromatic carbocycles. The van der Waals surface area contributed by atoms with E-state index in [2.05, 4.69) is 52.0 Å². The second-order valence-electron chi connectivity index (χ2n) is 3.84. The predicted molar refractivity (Wildman–Crippen MR) is 63.4 cm³/mol. The van der Waals surface area contributed by atoms with Gasteiger partial charge >= 0.3 is 0 Å². The lowest BCUT2D eigenvalue weighted by Gasteiger charge is -2.23. The summed E-state index contributed by atoms with van der Waals surface area (Å²) in [6.07, 6.45) is 2.65. The molecule has 76 valence electrons. The molecule has 1 aliphatic rings. The van der Waals surface area contributed by atoms with Gasteiger partial charge in [-0.1, -0.05) is 35.0 Å². The van der Waals surface area contributed by atoms with Crippen LogP contribution in [0.1, 0.15) is 31.4 Å². The van der Waals surface area contributed by atoms with Crippen LogP contribution in [0.5, 0.6) is 0 Å². The quantitative estimate of drug-likeness (QED) is 0.779. The number of likely N-dealkylation sites (tertiary alicyclic amines) is 1. The Morgan fingerprint density at radius 3 is 3.07 bits per heavy atom. The van der Waals surface area contributed by atoms with E-state index in [4.69, 9.17) is 0 Å². The fourth-order valence-corrected chi connectivity index (χ4v) is 2.71. The highest BCUT2D eigenvalue weighted by Crippen LogP contribution is 2.32. The van der Waals surface area contributed by atoms with E-state index in [0.29, 0.717) is 6.04 Å². The van der Waals surface area contributed by atoms with Gasteiger partial charge < -0.3 is 0 Å². The highest BCUT2D eigenvalue weighted by atomic mass is 79.9. The first-order chi connectivity index (χ1) is 6.81. The Labute approximate surface area is 94.2 Å². The van der Waals surface area contributed by atoms with Gasteiger partial charge in [-0.2, -0.15) is 0 Å². The Morgan fingerprint density at radius 2 is 2.36 bits per heavy atom. The van der Waals surface area contributed by atoms with E-state index in [1.54, 1.807) is 0 Å². The van der Waals surface area contributed by atoms with Crippen molar-refractivity contribution in [1.29, 1.82) is 0 Å². The number of hydrogen-bond acceptors (Lipinski definition) is 1. The van der Waals surface area contributed by atoms with Crippen molar-refractivity contribution >= 4 is 15.9 Å². The maximum Gasteiger partial charge on any atom is 0.0348 e. The zero-order chi connectivity index (χ0) is 9.97. The fourth-order valence-electron chi connectivity index (χ4n) is 2.30. The lowest BCUT2D eigenvalue weighted by molar-refractivity contribution is 0.271. The summed E-state index contributed by atoms with van der Waals surface area (Å²) in [6, 6.07) is 9.36. The Kier molecular flexibility index (Phi) is 3.24. The van der Waals surface area contributed by atoms with Crippen LogP contribution < -0.4 is 0 Å². The largest absolute Gasteiger partial charge is 0.297 e. The molecule has 0 N–H and O–H groups in total. The highest BCUT2D eigenvalue weighted by Gasteiger charge is 2.24. The Bertz CT molecular complexity index is 311. The molecule has 1 aromatic rings. The van der Waals surface area contributed by atoms with Crippen LogP contribution in [0.15, 0.2) is 28.7 Å². The van der Waals surface area contributed by atoms with Gasteiger partial charge in [0.1, 0.15) is 0 Å². The van der Waals surface area contributed by atoms with E-state index in [1.807, 2.05) is 0 Å². The molecule has 1 unspecified atom stereocenters. The predicted octanol–water partition coefficient (Wildman–Crippen LogP) is 3.61. The first-order valence-electron chi connectivity index (χ1n) is 5.31. The van der Waals surface area contributed by atoms with Gasteiger partial charge in [0, 0.05) is 10.5 Å². The standard InChI is InChI=1S/C12H16BrN/c1-2-14-8-4-7-12(14)10-5-3-6-11(13)9-10/h3,5-6,9,12H,2,4,7-8H2,1H3. The van der Waals surface area contributed by atoms with Crippen LogP contribution in [0.25, 0.3) is 0 Å². The molecule has 1 aliphatic heterocycles. The van der Waals surface area contributed by atoms with Gasteiger partial charge in [-0.3, -0.25) is 4.90 Å². The SMILES string of the molecule is CCN1CCCC1c1cccc(Br)c1. The molecule has 2 rings (SSSR count). The van der Waals surface area contributed by atoms with E-state index in [9.17, 15) is 0 Å². The smallest absolute Gasteiger partial charge is 0.0348 e. The summed E-state index contributed by atoms with van der Waals surface area (Å²) in [5.41, 5.74) is 1.46. The second-order valence-corrected chi connectivity index (χ2v) is 4.76. The molecule has 1 saturated heterocycles. The Morgan fingerprint density at radius 1 is 1.50 bits per heavy atom. The maximum absolute atomic E-state index is 3.53. The average molecular weight is 254 g/mol. The summed E-state index contributed by atoms with van der Waals surface area (Å²) in [4.78, 5) is 2.56. The number of nitrogens with zero attached hydrogens (tertiary/aromatic N) is 1. The second kappa shape index (κ2) is 4.45. The van der Waals surface area contributed by atoms with Gasteiger partial charge in [0.25, 0.3) is 0 Å². The van der Waals surface area contributed by atoms with Crippen molar-refractivity contribution in [3.63, 3.8) is 0 Å². The van der Waals surface area contributed by atoms with E-state index < -0.39 is 0 Å². The molecule has 0 amide bonds. The van der Waals surface area contributed by atoms with Crippen LogP contribution in [-0.2, 0) is 0 Å². The van der Waals surface area contributed by atoms with Gasteiger partial charge in [-0.05, 0) is 43.6 Å². The summed E-state index contributed by atoms with van der Waals surface area (Å²) < 4.78 is 1.19. The van der Waals surface area contributed by atoms with Crippen molar-refractivity contribution in [2.75, 3.05) is 13.1 Å². The summed E-state index contributed by atoms with van der Waals surface area (Å²) >= 11 is 3.53. The minimum atomic E-state index is 0.650. The van der Waals surface area contributed by atoms with Crippen molar-refractivity contribution in [3.8, 4) is 0 Å². The van der Waals surface area contributed by atoms with Gasteiger partial charge in [-0.15, -0.1) is 0 Å². The van der Waals surface area contributed by atoms with Crippen LogP contribution in [0.2, 0.25) is 0 Å². The Balaban J connectivity index is 2.21. The van der Waals surface area contributed by atoms with E-state index in [0.717, 1.165) is 6.54 Å². The third-order valence-electron chi connectivity index (χ3n) is 3.00. The lowest BCUT2D eigenvalue weighted by atomic mass is 10.1. The van der Waals surface area contributed by atoms with E-state index in [-0.39, 0.29) is 0 Å². The van der Waals surface area contributed by atoms with Crippen molar-refractivity contribution in [1.82, 2.24) is 4.90 Å². The summed E-state index contributed by atoms with van der Waals surface area (Å²) in [6.45, 7) is 4.67. The lowest BCUT2D eigenvalue weighted by Crippen LogP contribution is -2.22.